The molecule has 2 saturated heterocycles. The summed E-state index contributed by atoms with van der Waals surface area (Å²) in [6.07, 6.45) is -0.329. The van der Waals surface area contributed by atoms with Crippen LogP contribution in [0.3, 0.4) is 0 Å². The van der Waals surface area contributed by atoms with Crippen LogP contribution in [-0.2, 0) is 19.1 Å². The van der Waals surface area contributed by atoms with Gasteiger partial charge in [-0.2, -0.15) is 0 Å². The van der Waals surface area contributed by atoms with Crippen LogP contribution >= 0.6 is 0 Å². The third-order valence-corrected chi connectivity index (χ3v) is 5.85. The lowest BCUT2D eigenvalue weighted by Gasteiger charge is -2.30. The Morgan fingerprint density at radius 2 is 1.96 bits per heavy atom. The molecule has 7 atom stereocenters. The summed E-state index contributed by atoms with van der Waals surface area (Å²) in [6.45, 7) is 9.28. The molecule has 2 rings (SSSR count). The fourth-order valence-electron chi connectivity index (χ4n) is 3.48. The van der Waals surface area contributed by atoms with Crippen LogP contribution in [0.2, 0.25) is 0 Å². The van der Waals surface area contributed by atoms with Crippen LogP contribution in [-0.4, -0.2) is 52.0 Å². The maximum atomic E-state index is 12.9. The Hall–Kier alpha value is -0.980. The first-order valence-electron chi connectivity index (χ1n) is 9.34. The van der Waals surface area contributed by atoms with Gasteiger partial charge in [0, 0.05) is 6.42 Å². The number of ether oxygens (including phenoxy) is 2. The minimum absolute atomic E-state index is 0.000601. The number of aliphatic hydroxyl groups excluding tert-OH is 2. The monoisotopic (exact) mass is 356 g/mol. The van der Waals surface area contributed by atoms with Crippen molar-refractivity contribution in [3.63, 3.8) is 0 Å². The van der Waals surface area contributed by atoms with Crippen molar-refractivity contribution in [1.82, 2.24) is 0 Å². The third-order valence-electron chi connectivity index (χ3n) is 5.85. The molecule has 0 amide bonds. The second-order valence-corrected chi connectivity index (χ2v) is 8.27. The predicted octanol–water partition coefficient (Wildman–Crippen LogP) is 1.85. The molecule has 0 radical (unpaired) electrons. The van der Waals surface area contributed by atoms with E-state index in [9.17, 15) is 19.8 Å². The summed E-state index contributed by atoms with van der Waals surface area (Å²) in [7, 11) is 0. The highest BCUT2D eigenvalue weighted by Gasteiger charge is 2.60. The molecule has 2 heterocycles. The van der Waals surface area contributed by atoms with Crippen LogP contribution in [0.4, 0.5) is 0 Å². The Morgan fingerprint density at radius 3 is 2.56 bits per heavy atom. The van der Waals surface area contributed by atoms with Crippen LogP contribution < -0.4 is 0 Å². The van der Waals surface area contributed by atoms with Gasteiger partial charge in [-0.3, -0.25) is 9.59 Å². The summed E-state index contributed by atoms with van der Waals surface area (Å²) in [6, 6.07) is 0. The molecule has 2 aliphatic heterocycles. The van der Waals surface area contributed by atoms with E-state index in [1.807, 2.05) is 20.8 Å². The lowest BCUT2D eigenvalue weighted by atomic mass is 9.83. The van der Waals surface area contributed by atoms with E-state index in [2.05, 4.69) is 0 Å². The van der Waals surface area contributed by atoms with Gasteiger partial charge in [-0.25, -0.2) is 0 Å². The lowest BCUT2D eigenvalue weighted by Crippen LogP contribution is -2.41. The normalized spacial score (nSPS) is 38.5. The standard InChI is InChI=1S/C19H32O6/c1-10(2)13(20)8-16-19(5,25-16)18(23)12(4)15-7-6-11(3)14(21)9-17(22)24-15/h10-16,20-21H,6-9H2,1-5H3/t11-,12-,13-,14+,15-,16-,19+/m1/s1. The minimum atomic E-state index is -0.908. The first kappa shape index (κ1) is 20.3. The summed E-state index contributed by atoms with van der Waals surface area (Å²) in [5.74, 6) is -0.908. The number of aliphatic hydroxyl groups is 2. The van der Waals surface area contributed by atoms with Crippen molar-refractivity contribution in [2.75, 3.05) is 0 Å². The van der Waals surface area contributed by atoms with E-state index in [0.717, 1.165) is 0 Å². The second kappa shape index (κ2) is 7.72. The third kappa shape index (κ3) is 4.60. The number of carbonyl (C=O) groups excluding carboxylic acids is 2. The molecule has 0 unspecified atom stereocenters. The van der Waals surface area contributed by atoms with Crippen molar-refractivity contribution in [2.24, 2.45) is 17.8 Å². The molecule has 0 aliphatic carbocycles. The van der Waals surface area contributed by atoms with E-state index in [4.69, 9.17) is 9.47 Å². The van der Waals surface area contributed by atoms with Gasteiger partial charge in [0.1, 0.15) is 6.10 Å². The maximum Gasteiger partial charge on any atom is 0.308 e. The minimum Gasteiger partial charge on any atom is -0.462 e. The average molecular weight is 356 g/mol. The topological polar surface area (TPSA) is 96.4 Å². The molecule has 2 fully saturated rings. The molecule has 0 spiro atoms. The Balaban J connectivity index is 1.98. The summed E-state index contributed by atoms with van der Waals surface area (Å²) in [5.41, 5.74) is -0.908. The molecule has 25 heavy (non-hydrogen) atoms. The van der Waals surface area contributed by atoms with Gasteiger partial charge in [0.15, 0.2) is 11.4 Å². The first-order valence-corrected chi connectivity index (χ1v) is 9.34. The van der Waals surface area contributed by atoms with Gasteiger partial charge in [0.25, 0.3) is 0 Å². The molecule has 0 saturated carbocycles. The van der Waals surface area contributed by atoms with Crippen molar-refractivity contribution in [1.29, 1.82) is 0 Å². The zero-order valence-electron chi connectivity index (χ0n) is 15.9. The summed E-state index contributed by atoms with van der Waals surface area (Å²) in [5, 5.41) is 19.9. The van der Waals surface area contributed by atoms with Gasteiger partial charge in [-0.05, 0) is 31.6 Å². The highest BCUT2D eigenvalue weighted by molar-refractivity contribution is 5.92. The van der Waals surface area contributed by atoms with Crippen LogP contribution in [0.5, 0.6) is 0 Å². The molecular weight excluding hydrogens is 324 g/mol. The molecular formula is C19H32O6. The Bertz CT molecular complexity index is 504. The molecule has 2 aliphatic rings. The van der Waals surface area contributed by atoms with Crippen molar-refractivity contribution in [2.45, 2.75) is 90.3 Å². The Labute approximate surface area is 149 Å². The van der Waals surface area contributed by atoms with Crippen molar-refractivity contribution in [3.05, 3.63) is 0 Å². The number of esters is 1. The van der Waals surface area contributed by atoms with Gasteiger partial charge < -0.3 is 19.7 Å². The summed E-state index contributed by atoms with van der Waals surface area (Å²) < 4.78 is 11.1. The fraction of sp³-hybridized carbons (Fsp3) is 0.895. The molecule has 0 aromatic rings. The van der Waals surface area contributed by atoms with Crippen LogP contribution in [0.15, 0.2) is 0 Å². The second-order valence-electron chi connectivity index (χ2n) is 8.27. The molecule has 6 nitrogen and oxygen atoms in total. The van der Waals surface area contributed by atoms with Crippen molar-refractivity contribution in [3.8, 4) is 0 Å². The van der Waals surface area contributed by atoms with E-state index in [0.29, 0.717) is 19.3 Å². The number of rotatable bonds is 6. The zero-order valence-corrected chi connectivity index (χ0v) is 15.9. The average Bonchev–Trinajstić information content (AvgIpc) is 3.19. The lowest BCUT2D eigenvalue weighted by molar-refractivity contribution is -0.159. The molecule has 6 heteroatoms. The van der Waals surface area contributed by atoms with Crippen LogP contribution in [0, 0.1) is 17.8 Å². The Morgan fingerprint density at radius 1 is 1.32 bits per heavy atom. The van der Waals surface area contributed by atoms with E-state index in [1.165, 1.54) is 0 Å². The predicted molar refractivity (Wildman–Crippen MR) is 91.8 cm³/mol. The van der Waals surface area contributed by atoms with E-state index < -0.39 is 35.8 Å². The van der Waals surface area contributed by atoms with Crippen LogP contribution in [0.25, 0.3) is 0 Å². The maximum absolute atomic E-state index is 12.9. The van der Waals surface area contributed by atoms with Gasteiger partial charge in [-0.1, -0.05) is 27.7 Å². The van der Waals surface area contributed by atoms with Gasteiger partial charge >= 0.3 is 5.97 Å². The quantitative estimate of drug-likeness (QED) is 0.557. The number of ketones is 1. The largest absolute Gasteiger partial charge is 0.462 e. The molecule has 144 valence electrons. The molecule has 2 N–H and O–H groups in total. The summed E-state index contributed by atoms with van der Waals surface area (Å²) in [4.78, 5) is 24.8. The van der Waals surface area contributed by atoms with Gasteiger partial charge in [0.2, 0.25) is 0 Å². The fourth-order valence-corrected chi connectivity index (χ4v) is 3.48. The molecule has 0 aromatic carbocycles. The van der Waals surface area contributed by atoms with Crippen LogP contribution in [0.1, 0.15) is 60.3 Å². The van der Waals surface area contributed by atoms with E-state index in [-0.39, 0.29) is 30.1 Å². The summed E-state index contributed by atoms with van der Waals surface area (Å²) >= 11 is 0. The number of epoxide rings is 1. The molecule has 0 aromatic heterocycles. The first-order chi connectivity index (χ1) is 11.6. The van der Waals surface area contributed by atoms with Crippen molar-refractivity contribution < 1.29 is 29.3 Å². The highest BCUT2D eigenvalue weighted by Crippen LogP contribution is 2.43. The smallest absolute Gasteiger partial charge is 0.308 e. The number of hydrogen-bond donors (Lipinski definition) is 2. The SMILES string of the molecule is CC(C)[C@H](O)C[C@H]1O[C@]1(C)C(=O)[C@H](C)[C@H]1CC[C@@H](C)[C@@H](O)CC(=O)O1. The van der Waals surface area contributed by atoms with Crippen molar-refractivity contribution >= 4 is 11.8 Å². The number of hydrogen-bond acceptors (Lipinski definition) is 6. The number of Topliss-reactive ketones (excluding diaryl/α,β-unsaturated/α-hetero) is 1. The van der Waals surface area contributed by atoms with E-state index in [1.54, 1.807) is 13.8 Å². The van der Waals surface area contributed by atoms with Gasteiger partial charge in [0.05, 0.1) is 30.7 Å². The van der Waals surface area contributed by atoms with Gasteiger partial charge in [-0.15, -0.1) is 0 Å². The van der Waals surface area contributed by atoms with E-state index >= 15 is 0 Å². The molecule has 0 bridgehead atoms. The highest BCUT2D eigenvalue weighted by atomic mass is 16.6. The Kier molecular flexibility index (Phi) is 6.28. The zero-order chi connectivity index (χ0) is 18.9. The number of cyclic esters (lactones) is 1. The number of carbonyl (C=O) groups is 2.